The van der Waals surface area contributed by atoms with Crippen molar-refractivity contribution in [1.82, 2.24) is 0 Å². The molecule has 4 fully saturated rings. The van der Waals surface area contributed by atoms with Crippen LogP contribution in [0.1, 0.15) is 71.6 Å². The van der Waals surface area contributed by atoms with Crippen LogP contribution >= 0.6 is 0 Å². The van der Waals surface area contributed by atoms with E-state index in [2.05, 4.69) is 13.8 Å². The normalized spacial score (nSPS) is 51.9. The van der Waals surface area contributed by atoms with Crippen LogP contribution in [0.4, 0.5) is 0 Å². The summed E-state index contributed by atoms with van der Waals surface area (Å²) in [6, 6.07) is 0. The summed E-state index contributed by atoms with van der Waals surface area (Å²) < 4.78 is 0. The van der Waals surface area contributed by atoms with E-state index >= 15 is 0 Å². The Labute approximate surface area is 140 Å². The largest absolute Gasteiger partial charge is 0.400 e. The van der Waals surface area contributed by atoms with Gasteiger partial charge in [0.2, 0.25) is 0 Å². The molecule has 0 radical (unpaired) electrons. The van der Waals surface area contributed by atoms with Gasteiger partial charge in [0.15, 0.2) is 0 Å². The molecule has 132 valence electrons. The Morgan fingerprint density at radius 3 is 2.30 bits per heavy atom. The van der Waals surface area contributed by atoms with Crippen molar-refractivity contribution in [2.45, 2.75) is 77.7 Å². The Morgan fingerprint density at radius 2 is 1.57 bits per heavy atom. The number of aliphatic hydroxyl groups is 2. The van der Waals surface area contributed by atoms with Gasteiger partial charge in [0, 0.05) is 18.9 Å². The Bertz CT molecular complexity index is 462. The minimum Gasteiger partial charge on any atom is -0.400 e. The molecule has 4 saturated carbocycles. The first-order valence-corrected chi connectivity index (χ1v) is 9.60. The average molecular weight is 322 g/mol. The summed E-state index contributed by atoms with van der Waals surface area (Å²) in [4.78, 5) is 12.4. The van der Waals surface area contributed by atoms with E-state index in [1.165, 1.54) is 25.7 Å². The van der Waals surface area contributed by atoms with E-state index in [0.717, 1.165) is 57.0 Å². The molecular formula is C20H34O3. The van der Waals surface area contributed by atoms with Crippen LogP contribution < -0.4 is 0 Å². The van der Waals surface area contributed by atoms with Crippen LogP contribution in [-0.2, 0) is 4.79 Å². The molecule has 0 aromatic carbocycles. The standard InChI is InChI=1S/C19H30O2.CH4O/c1-18-9-7-14-13(15(18)4-3-12(20)11-18)8-10-19(2)16(14)5-6-17(19)21;1-2/h12-16,20H,3-11H2,1-2H3;2H,1H3. The van der Waals surface area contributed by atoms with Crippen molar-refractivity contribution in [1.29, 1.82) is 0 Å². The monoisotopic (exact) mass is 322 g/mol. The molecule has 0 bridgehead atoms. The third-order valence-corrected chi connectivity index (χ3v) is 8.18. The summed E-state index contributed by atoms with van der Waals surface area (Å²) in [6.45, 7) is 4.70. The molecule has 3 heteroatoms. The molecule has 7 atom stereocenters. The van der Waals surface area contributed by atoms with Gasteiger partial charge >= 0.3 is 0 Å². The molecule has 0 aromatic heterocycles. The second kappa shape index (κ2) is 6.15. The van der Waals surface area contributed by atoms with E-state index in [9.17, 15) is 9.90 Å². The summed E-state index contributed by atoms with van der Waals surface area (Å²) in [7, 11) is 1.00. The number of hydrogen-bond acceptors (Lipinski definition) is 3. The maximum atomic E-state index is 12.4. The van der Waals surface area contributed by atoms with Crippen LogP contribution in [0, 0.1) is 34.5 Å². The third-order valence-electron chi connectivity index (χ3n) is 8.18. The number of carbonyl (C=O) groups is 1. The lowest BCUT2D eigenvalue weighted by Crippen LogP contribution is -2.52. The minimum absolute atomic E-state index is 0.0170. The summed E-state index contributed by atoms with van der Waals surface area (Å²) in [6.07, 6.45) is 10.1. The molecule has 4 aliphatic carbocycles. The second-order valence-electron chi connectivity index (χ2n) is 9.09. The Morgan fingerprint density at radius 1 is 0.913 bits per heavy atom. The Balaban J connectivity index is 0.000000753. The number of carbonyl (C=O) groups excluding carboxylic acids is 1. The molecule has 23 heavy (non-hydrogen) atoms. The van der Waals surface area contributed by atoms with Crippen molar-refractivity contribution < 1.29 is 15.0 Å². The number of Topliss-reactive ketones (excluding diaryl/α,β-unsaturated/α-hetero) is 1. The highest BCUT2D eigenvalue weighted by molar-refractivity contribution is 5.87. The van der Waals surface area contributed by atoms with Gasteiger partial charge in [-0.25, -0.2) is 0 Å². The highest BCUT2D eigenvalue weighted by atomic mass is 16.3. The maximum Gasteiger partial charge on any atom is 0.139 e. The fourth-order valence-corrected chi connectivity index (χ4v) is 7.03. The molecule has 3 nitrogen and oxygen atoms in total. The summed E-state index contributed by atoms with van der Waals surface area (Å²) in [5.41, 5.74) is 0.387. The lowest BCUT2D eigenvalue weighted by Gasteiger charge is -2.58. The topological polar surface area (TPSA) is 57.5 Å². The molecule has 7 unspecified atom stereocenters. The number of hydrogen-bond donors (Lipinski definition) is 2. The fraction of sp³-hybridized carbons (Fsp3) is 0.950. The zero-order valence-corrected chi connectivity index (χ0v) is 15.1. The van der Waals surface area contributed by atoms with E-state index in [4.69, 9.17) is 5.11 Å². The molecule has 0 amide bonds. The van der Waals surface area contributed by atoms with Gasteiger partial charge in [0.25, 0.3) is 0 Å². The molecular weight excluding hydrogens is 288 g/mol. The summed E-state index contributed by atoms with van der Waals surface area (Å²) in [5, 5.41) is 17.1. The van der Waals surface area contributed by atoms with Crippen molar-refractivity contribution in [3.63, 3.8) is 0 Å². The summed E-state index contributed by atoms with van der Waals surface area (Å²) >= 11 is 0. The molecule has 0 aromatic rings. The average Bonchev–Trinajstić information content (AvgIpc) is 2.84. The SMILES string of the molecule is CC12CCC3C(CCC4(C)C(=O)CCC34)C1CCC(O)C2.CO. The Hall–Kier alpha value is -0.410. The van der Waals surface area contributed by atoms with Gasteiger partial charge in [-0.2, -0.15) is 0 Å². The van der Waals surface area contributed by atoms with Crippen LogP contribution in [0.5, 0.6) is 0 Å². The molecule has 0 spiro atoms. The van der Waals surface area contributed by atoms with Gasteiger partial charge in [-0.05, 0) is 80.5 Å². The number of aliphatic hydroxyl groups excluding tert-OH is 2. The molecule has 4 rings (SSSR count). The maximum absolute atomic E-state index is 12.4. The van der Waals surface area contributed by atoms with Crippen LogP contribution in [0.15, 0.2) is 0 Å². The van der Waals surface area contributed by atoms with Crippen LogP contribution in [0.25, 0.3) is 0 Å². The molecule has 0 heterocycles. The van der Waals surface area contributed by atoms with Crippen molar-refractivity contribution in [3.8, 4) is 0 Å². The van der Waals surface area contributed by atoms with Crippen molar-refractivity contribution >= 4 is 5.78 Å². The highest BCUT2D eigenvalue weighted by Crippen LogP contribution is 2.64. The molecule has 2 N–H and O–H groups in total. The van der Waals surface area contributed by atoms with Crippen LogP contribution in [0.3, 0.4) is 0 Å². The van der Waals surface area contributed by atoms with Crippen LogP contribution in [-0.4, -0.2) is 29.2 Å². The van der Waals surface area contributed by atoms with Crippen molar-refractivity contribution in [3.05, 3.63) is 0 Å². The quantitative estimate of drug-likeness (QED) is 0.717. The fourth-order valence-electron chi connectivity index (χ4n) is 7.03. The first-order chi connectivity index (χ1) is 10.9. The predicted octanol–water partition coefficient (Wildman–Crippen LogP) is 3.57. The van der Waals surface area contributed by atoms with Gasteiger partial charge in [-0.3, -0.25) is 4.79 Å². The first-order valence-electron chi connectivity index (χ1n) is 9.60. The molecule has 4 aliphatic rings. The van der Waals surface area contributed by atoms with Crippen molar-refractivity contribution in [2.24, 2.45) is 34.5 Å². The van der Waals surface area contributed by atoms with Gasteiger partial charge < -0.3 is 10.2 Å². The zero-order chi connectivity index (χ0) is 16.8. The number of fused-ring (bicyclic) bond motifs is 5. The van der Waals surface area contributed by atoms with E-state index in [-0.39, 0.29) is 11.5 Å². The van der Waals surface area contributed by atoms with Gasteiger partial charge in [-0.1, -0.05) is 13.8 Å². The van der Waals surface area contributed by atoms with Gasteiger partial charge in [0.1, 0.15) is 5.78 Å². The highest BCUT2D eigenvalue weighted by Gasteiger charge is 2.58. The van der Waals surface area contributed by atoms with E-state index in [0.29, 0.717) is 17.1 Å². The van der Waals surface area contributed by atoms with E-state index in [1.807, 2.05) is 0 Å². The number of rotatable bonds is 0. The Kier molecular flexibility index (Phi) is 4.65. The first kappa shape index (κ1) is 17.4. The minimum atomic E-state index is -0.0651. The van der Waals surface area contributed by atoms with Crippen molar-refractivity contribution in [2.75, 3.05) is 7.11 Å². The third kappa shape index (κ3) is 2.59. The molecule has 0 saturated heterocycles. The van der Waals surface area contributed by atoms with Gasteiger partial charge in [-0.15, -0.1) is 0 Å². The van der Waals surface area contributed by atoms with Crippen LogP contribution in [0.2, 0.25) is 0 Å². The zero-order valence-electron chi connectivity index (χ0n) is 15.1. The summed E-state index contributed by atoms with van der Waals surface area (Å²) in [5.74, 6) is 3.65. The van der Waals surface area contributed by atoms with E-state index < -0.39 is 0 Å². The van der Waals surface area contributed by atoms with E-state index in [1.54, 1.807) is 0 Å². The lowest BCUT2D eigenvalue weighted by molar-refractivity contribution is -0.138. The number of ketones is 1. The van der Waals surface area contributed by atoms with Gasteiger partial charge in [0.05, 0.1) is 6.10 Å². The predicted molar refractivity (Wildman–Crippen MR) is 90.9 cm³/mol. The second-order valence-corrected chi connectivity index (χ2v) is 9.09. The molecule has 0 aliphatic heterocycles. The smallest absolute Gasteiger partial charge is 0.139 e. The lowest BCUT2D eigenvalue weighted by atomic mass is 9.46.